The van der Waals surface area contributed by atoms with Crippen molar-refractivity contribution in [1.82, 2.24) is 5.32 Å². The molecule has 0 saturated heterocycles. The molecule has 0 spiro atoms. The van der Waals surface area contributed by atoms with Gasteiger partial charge in [-0.1, -0.05) is 25.1 Å². The van der Waals surface area contributed by atoms with E-state index in [1.807, 2.05) is 37.3 Å². The maximum absolute atomic E-state index is 12.0. The minimum absolute atomic E-state index is 0.234. The third kappa shape index (κ3) is 4.73. The van der Waals surface area contributed by atoms with Crippen LogP contribution >= 0.6 is 0 Å². The fourth-order valence-electron chi connectivity index (χ4n) is 1.83. The molecule has 0 aliphatic heterocycles. The molecule has 5 nitrogen and oxygen atoms in total. The summed E-state index contributed by atoms with van der Waals surface area (Å²) < 4.78 is 22.2. The molecule has 0 unspecified atom stereocenters. The van der Waals surface area contributed by atoms with E-state index >= 15 is 0 Å². The molecule has 1 amide bonds. The normalized spacial score (nSPS) is 11.9. The first-order valence-electron chi connectivity index (χ1n) is 7.08. The summed E-state index contributed by atoms with van der Waals surface area (Å²) in [7, 11) is -0.894. The van der Waals surface area contributed by atoms with Crippen LogP contribution in [0.2, 0.25) is 0 Å². The standard InChI is InChI=1S/C16H19NO4S/c1-2-22(19)11-9-17-16(18)15-13(8-10-20-15)12-21-14-6-4-3-5-7-14/h3-8,10H,2,9,11-12H2,1H3,(H,17,18)/t22-/m0/s1. The molecule has 2 rings (SSSR count). The second-order valence-electron chi connectivity index (χ2n) is 4.57. The number of hydrogen-bond acceptors (Lipinski definition) is 4. The van der Waals surface area contributed by atoms with E-state index in [2.05, 4.69) is 5.32 Å². The van der Waals surface area contributed by atoms with E-state index in [1.54, 1.807) is 6.07 Å². The first-order valence-corrected chi connectivity index (χ1v) is 8.57. The summed E-state index contributed by atoms with van der Waals surface area (Å²) in [5.74, 6) is 1.68. The smallest absolute Gasteiger partial charge is 0.287 e. The van der Waals surface area contributed by atoms with Crippen molar-refractivity contribution in [3.63, 3.8) is 0 Å². The van der Waals surface area contributed by atoms with Gasteiger partial charge in [0.1, 0.15) is 12.4 Å². The van der Waals surface area contributed by atoms with Gasteiger partial charge in [-0.15, -0.1) is 0 Å². The van der Waals surface area contributed by atoms with Gasteiger partial charge in [-0.2, -0.15) is 0 Å². The Bertz CT molecular complexity index is 624. The van der Waals surface area contributed by atoms with Crippen LogP contribution in [0.25, 0.3) is 0 Å². The van der Waals surface area contributed by atoms with E-state index in [0.717, 1.165) is 5.75 Å². The van der Waals surface area contributed by atoms with Gasteiger partial charge < -0.3 is 14.5 Å². The quantitative estimate of drug-likeness (QED) is 0.810. The van der Waals surface area contributed by atoms with Gasteiger partial charge in [-0.05, 0) is 18.2 Å². The predicted molar refractivity (Wildman–Crippen MR) is 85.4 cm³/mol. The number of benzene rings is 1. The van der Waals surface area contributed by atoms with Crippen molar-refractivity contribution in [3.8, 4) is 5.75 Å². The Kier molecular flexibility index (Phi) is 6.21. The number of para-hydroxylation sites is 1. The van der Waals surface area contributed by atoms with Crippen LogP contribution in [0.5, 0.6) is 5.75 Å². The van der Waals surface area contributed by atoms with Crippen LogP contribution in [-0.2, 0) is 17.4 Å². The topological polar surface area (TPSA) is 68.5 Å². The summed E-state index contributed by atoms with van der Waals surface area (Å²) in [6.45, 7) is 2.46. The number of furan rings is 1. The van der Waals surface area contributed by atoms with E-state index in [0.29, 0.717) is 23.6 Å². The number of carbonyl (C=O) groups excluding carboxylic acids is 1. The van der Waals surface area contributed by atoms with Crippen LogP contribution in [0.3, 0.4) is 0 Å². The van der Waals surface area contributed by atoms with E-state index < -0.39 is 10.8 Å². The van der Waals surface area contributed by atoms with Crippen LogP contribution in [-0.4, -0.2) is 28.2 Å². The van der Waals surface area contributed by atoms with E-state index in [1.165, 1.54) is 6.26 Å². The summed E-state index contributed by atoms with van der Waals surface area (Å²) in [5.41, 5.74) is 0.679. The Hall–Kier alpha value is -2.08. The Morgan fingerprint density at radius 3 is 2.77 bits per heavy atom. The van der Waals surface area contributed by atoms with Crippen molar-refractivity contribution in [3.05, 3.63) is 54.0 Å². The molecule has 0 fully saturated rings. The molecule has 0 bridgehead atoms. The minimum Gasteiger partial charge on any atom is -0.489 e. The molecular weight excluding hydrogens is 302 g/mol. The van der Waals surface area contributed by atoms with Gasteiger partial charge >= 0.3 is 0 Å². The Balaban J connectivity index is 1.88. The lowest BCUT2D eigenvalue weighted by Crippen LogP contribution is -2.28. The zero-order chi connectivity index (χ0) is 15.8. The number of carbonyl (C=O) groups is 1. The Morgan fingerprint density at radius 2 is 2.05 bits per heavy atom. The highest BCUT2D eigenvalue weighted by Crippen LogP contribution is 2.15. The fraction of sp³-hybridized carbons (Fsp3) is 0.312. The lowest BCUT2D eigenvalue weighted by atomic mass is 10.2. The molecular formula is C16H19NO4S. The molecule has 1 aromatic carbocycles. The van der Waals surface area contributed by atoms with Gasteiger partial charge in [-0.3, -0.25) is 9.00 Å². The predicted octanol–water partition coefficient (Wildman–Crippen LogP) is 2.36. The average molecular weight is 321 g/mol. The molecule has 0 aliphatic carbocycles. The van der Waals surface area contributed by atoms with Crippen molar-refractivity contribution in [2.24, 2.45) is 0 Å². The van der Waals surface area contributed by atoms with Crippen molar-refractivity contribution < 1.29 is 18.2 Å². The maximum Gasteiger partial charge on any atom is 0.287 e. The van der Waals surface area contributed by atoms with Crippen molar-refractivity contribution in [2.75, 3.05) is 18.1 Å². The van der Waals surface area contributed by atoms with Crippen LogP contribution < -0.4 is 10.1 Å². The monoisotopic (exact) mass is 321 g/mol. The molecule has 118 valence electrons. The summed E-state index contributed by atoms with van der Waals surface area (Å²) in [5, 5.41) is 2.71. The number of nitrogens with one attached hydrogen (secondary N) is 1. The molecule has 6 heteroatoms. The molecule has 1 heterocycles. The average Bonchev–Trinajstić information content (AvgIpc) is 3.02. The SMILES string of the molecule is CC[S@](=O)CCNC(=O)c1occc1COc1ccccc1. The first kappa shape index (κ1) is 16.3. The lowest BCUT2D eigenvalue weighted by molar-refractivity contribution is 0.0925. The maximum atomic E-state index is 12.0. The van der Waals surface area contributed by atoms with Crippen LogP contribution in [0.1, 0.15) is 23.0 Å². The third-order valence-corrected chi connectivity index (χ3v) is 4.33. The van der Waals surface area contributed by atoms with Crippen molar-refractivity contribution >= 4 is 16.7 Å². The minimum atomic E-state index is -0.894. The third-order valence-electron chi connectivity index (χ3n) is 3.03. The number of rotatable bonds is 8. The zero-order valence-electron chi connectivity index (χ0n) is 12.4. The van der Waals surface area contributed by atoms with Gasteiger partial charge in [0.2, 0.25) is 0 Å². The van der Waals surface area contributed by atoms with Crippen molar-refractivity contribution in [1.29, 1.82) is 0 Å². The molecule has 2 aromatic rings. The molecule has 1 aromatic heterocycles. The summed E-state index contributed by atoms with van der Waals surface area (Å²) in [4.78, 5) is 12.0. The highest BCUT2D eigenvalue weighted by atomic mass is 32.2. The van der Waals surface area contributed by atoms with Gasteiger partial charge in [0, 0.05) is 34.4 Å². The van der Waals surface area contributed by atoms with Gasteiger partial charge in [-0.25, -0.2) is 0 Å². The van der Waals surface area contributed by atoms with E-state index in [9.17, 15) is 9.00 Å². The van der Waals surface area contributed by atoms with Crippen LogP contribution in [0.4, 0.5) is 0 Å². The van der Waals surface area contributed by atoms with Crippen LogP contribution in [0.15, 0.2) is 47.1 Å². The van der Waals surface area contributed by atoms with E-state index in [-0.39, 0.29) is 18.3 Å². The molecule has 0 radical (unpaired) electrons. The fourth-order valence-corrected chi connectivity index (χ4v) is 2.45. The highest BCUT2D eigenvalue weighted by molar-refractivity contribution is 7.84. The molecule has 1 N–H and O–H groups in total. The summed E-state index contributed by atoms with van der Waals surface area (Å²) >= 11 is 0. The van der Waals surface area contributed by atoms with Gasteiger partial charge in [0.05, 0.1) is 6.26 Å². The molecule has 22 heavy (non-hydrogen) atoms. The first-order chi connectivity index (χ1) is 10.7. The molecule has 1 atom stereocenters. The van der Waals surface area contributed by atoms with Crippen molar-refractivity contribution in [2.45, 2.75) is 13.5 Å². The second kappa shape index (κ2) is 8.38. The molecule has 0 aliphatic rings. The highest BCUT2D eigenvalue weighted by Gasteiger charge is 2.15. The number of hydrogen-bond donors (Lipinski definition) is 1. The lowest BCUT2D eigenvalue weighted by Gasteiger charge is -2.07. The van der Waals surface area contributed by atoms with E-state index in [4.69, 9.17) is 9.15 Å². The van der Waals surface area contributed by atoms with Crippen LogP contribution in [0, 0.1) is 0 Å². The Morgan fingerprint density at radius 1 is 1.27 bits per heavy atom. The molecule has 0 saturated carbocycles. The summed E-state index contributed by atoms with van der Waals surface area (Å²) in [6, 6.07) is 11.1. The largest absolute Gasteiger partial charge is 0.489 e. The van der Waals surface area contributed by atoms with Gasteiger partial charge in [0.15, 0.2) is 5.76 Å². The zero-order valence-corrected chi connectivity index (χ0v) is 13.2. The number of ether oxygens (including phenoxy) is 1. The summed E-state index contributed by atoms with van der Waals surface area (Å²) in [6.07, 6.45) is 1.46. The second-order valence-corrected chi connectivity index (χ2v) is 6.43. The number of amides is 1. The Labute approximate surface area is 132 Å². The van der Waals surface area contributed by atoms with Gasteiger partial charge in [0.25, 0.3) is 5.91 Å².